The summed E-state index contributed by atoms with van der Waals surface area (Å²) in [5.74, 6) is -1.40. The molecule has 0 saturated heterocycles. The first kappa shape index (κ1) is 13.5. The van der Waals surface area contributed by atoms with Crippen LogP contribution in [-0.4, -0.2) is 19.7 Å². The lowest BCUT2D eigenvalue weighted by molar-refractivity contribution is -0.0521. The molecule has 0 saturated carbocycles. The first-order valence-corrected chi connectivity index (χ1v) is 5.09. The maximum Gasteiger partial charge on any atom is 0.387 e. The highest BCUT2D eigenvalue weighted by molar-refractivity contribution is 5.70. The molecule has 0 atom stereocenters. The molecule has 2 N–H and O–H groups in total. The van der Waals surface area contributed by atoms with E-state index in [1.54, 1.807) is 11.9 Å². The van der Waals surface area contributed by atoms with E-state index in [1.165, 1.54) is 6.07 Å². The second kappa shape index (κ2) is 5.16. The van der Waals surface area contributed by atoms with Gasteiger partial charge in [-0.3, -0.25) is 0 Å². The van der Waals surface area contributed by atoms with E-state index < -0.39 is 18.2 Å². The van der Waals surface area contributed by atoms with Gasteiger partial charge in [0.25, 0.3) is 0 Å². The fourth-order valence-corrected chi connectivity index (χ4v) is 1.33. The number of nitrogens with zero attached hydrogens (tertiary/aromatic N) is 1. The lowest BCUT2D eigenvalue weighted by Gasteiger charge is -2.25. The average Bonchev–Trinajstić information content (AvgIpc) is 2.20. The Bertz CT molecular complexity index is 397. The van der Waals surface area contributed by atoms with Crippen molar-refractivity contribution in [2.24, 2.45) is 0 Å². The minimum atomic E-state index is -3.06. The predicted molar refractivity (Wildman–Crippen MR) is 61.0 cm³/mol. The summed E-state index contributed by atoms with van der Waals surface area (Å²) in [6, 6.07) is 2.25. The summed E-state index contributed by atoms with van der Waals surface area (Å²) in [6.45, 7) is 0.734. The number of ether oxygens (including phenoxy) is 1. The highest BCUT2D eigenvalue weighted by Crippen LogP contribution is 2.32. The van der Waals surface area contributed by atoms with Crippen molar-refractivity contribution in [1.29, 1.82) is 0 Å². The molecular formula is C11H15F3N2O. The Kier molecular flexibility index (Phi) is 4.09. The lowest BCUT2D eigenvalue weighted by Crippen LogP contribution is -2.26. The van der Waals surface area contributed by atoms with Crippen LogP contribution in [0.1, 0.15) is 13.8 Å². The third-order valence-electron chi connectivity index (χ3n) is 2.45. The molecule has 0 fully saturated rings. The summed E-state index contributed by atoms with van der Waals surface area (Å²) in [7, 11) is 1.74. The molecule has 0 aromatic heterocycles. The smallest absolute Gasteiger partial charge is 0.387 e. The Balaban J connectivity index is 3.14. The topological polar surface area (TPSA) is 38.5 Å². The van der Waals surface area contributed by atoms with Crippen LogP contribution in [0.15, 0.2) is 12.1 Å². The summed E-state index contributed by atoms with van der Waals surface area (Å²) in [4.78, 5) is 1.74. The van der Waals surface area contributed by atoms with Crippen LogP contribution < -0.4 is 15.4 Å². The first-order valence-electron chi connectivity index (χ1n) is 5.09. The van der Waals surface area contributed by atoms with Gasteiger partial charge in [0.05, 0.1) is 11.4 Å². The minimum absolute atomic E-state index is 0.0992. The van der Waals surface area contributed by atoms with E-state index in [-0.39, 0.29) is 11.7 Å². The molecule has 0 radical (unpaired) electrons. The molecular weight excluding hydrogens is 233 g/mol. The quantitative estimate of drug-likeness (QED) is 0.833. The Labute approximate surface area is 98.0 Å². The molecule has 0 bridgehead atoms. The van der Waals surface area contributed by atoms with E-state index in [0.717, 1.165) is 6.07 Å². The molecule has 1 aromatic carbocycles. The monoisotopic (exact) mass is 248 g/mol. The zero-order valence-electron chi connectivity index (χ0n) is 9.88. The summed E-state index contributed by atoms with van der Waals surface area (Å²) >= 11 is 0. The van der Waals surface area contributed by atoms with Gasteiger partial charge in [-0.05, 0) is 13.8 Å². The molecule has 3 nitrogen and oxygen atoms in total. The Morgan fingerprint density at radius 2 is 1.88 bits per heavy atom. The van der Waals surface area contributed by atoms with E-state index in [0.29, 0.717) is 5.69 Å². The van der Waals surface area contributed by atoms with Crippen molar-refractivity contribution in [3.8, 4) is 5.75 Å². The maximum absolute atomic E-state index is 13.3. The number of hydrogen-bond donors (Lipinski definition) is 1. The Morgan fingerprint density at radius 3 is 2.35 bits per heavy atom. The minimum Gasteiger partial charge on any atom is -0.432 e. The van der Waals surface area contributed by atoms with E-state index in [1.807, 2.05) is 13.8 Å². The van der Waals surface area contributed by atoms with Gasteiger partial charge in [-0.25, -0.2) is 4.39 Å². The number of halogens is 3. The van der Waals surface area contributed by atoms with Crippen LogP contribution in [0.5, 0.6) is 5.75 Å². The maximum atomic E-state index is 13.3. The molecule has 0 aliphatic rings. The molecule has 1 rings (SSSR count). The van der Waals surface area contributed by atoms with Crippen LogP contribution in [0.2, 0.25) is 0 Å². The molecule has 0 amide bonds. The van der Waals surface area contributed by atoms with Crippen molar-refractivity contribution < 1.29 is 17.9 Å². The largest absolute Gasteiger partial charge is 0.432 e. The lowest BCUT2D eigenvalue weighted by atomic mass is 10.2. The van der Waals surface area contributed by atoms with Gasteiger partial charge in [-0.1, -0.05) is 0 Å². The number of nitrogen functional groups attached to an aromatic ring is 1. The molecule has 0 heterocycles. The molecule has 0 unspecified atom stereocenters. The van der Waals surface area contributed by atoms with Crippen LogP contribution in [0.25, 0.3) is 0 Å². The van der Waals surface area contributed by atoms with Gasteiger partial charge in [0.15, 0.2) is 11.6 Å². The van der Waals surface area contributed by atoms with E-state index >= 15 is 0 Å². The third-order valence-corrected chi connectivity index (χ3v) is 2.45. The summed E-state index contributed by atoms with van der Waals surface area (Å²) in [5, 5.41) is 0. The predicted octanol–water partition coefficient (Wildman–Crippen LogP) is 2.85. The molecule has 0 aliphatic carbocycles. The van der Waals surface area contributed by atoms with E-state index in [4.69, 9.17) is 5.73 Å². The molecule has 17 heavy (non-hydrogen) atoms. The van der Waals surface area contributed by atoms with Crippen molar-refractivity contribution in [3.63, 3.8) is 0 Å². The van der Waals surface area contributed by atoms with Crippen molar-refractivity contribution in [2.75, 3.05) is 17.7 Å². The molecule has 96 valence electrons. The van der Waals surface area contributed by atoms with Crippen LogP contribution in [0.3, 0.4) is 0 Å². The van der Waals surface area contributed by atoms with Gasteiger partial charge in [-0.15, -0.1) is 0 Å². The summed E-state index contributed by atoms with van der Waals surface area (Å²) < 4.78 is 41.5. The van der Waals surface area contributed by atoms with Crippen molar-refractivity contribution in [2.45, 2.75) is 26.5 Å². The summed E-state index contributed by atoms with van der Waals surface area (Å²) in [6.07, 6.45) is 0. The SMILES string of the molecule is CC(C)N(C)c1cc(OC(F)F)c(F)cc1N. The van der Waals surface area contributed by atoms with Crippen LogP contribution in [0, 0.1) is 5.82 Å². The number of anilines is 2. The number of alkyl halides is 2. The zero-order valence-corrected chi connectivity index (χ0v) is 9.88. The van der Waals surface area contributed by atoms with Gasteiger partial charge in [0, 0.05) is 25.2 Å². The van der Waals surface area contributed by atoms with Crippen LogP contribution in [0.4, 0.5) is 24.5 Å². The molecule has 6 heteroatoms. The number of nitrogens with two attached hydrogens (primary N) is 1. The summed E-state index contributed by atoms with van der Waals surface area (Å²) in [5.41, 5.74) is 6.27. The fraction of sp³-hybridized carbons (Fsp3) is 0.455. The number of rotatable bonds is 4. The highest BCUT2D eigenvalue weighted by Gasteiger charge is 2.16. The standard InChI is InChI=1S/C11H15F3N2O/c1-6(2)16(3)9-5-10(17-11(13)14)7(12)4-8(9)15/h4-6,11H,15H2,1-3H3. The van der Waals surface area contributed by atoms with Crippen LogP contribution in [-0.2, 0) is 0 Å². The Morgan fingerprint density at radius 1 is 1.29 bits per heavy atom. The van der Waals surface area contributed by atoms with Gasteiger partial charge < -0.3 is 15.4 Å². The highest BCUT2D eigenvalue weighted by atomic mass is 19.3. The van der Waals surface area contributed by atoms with Gasteiger partial charge in [0.2, 0.25) is 0 Å². The van der Waals surface area contributed by atoms with Gasteiger partial charge in [0.1, 0.15) is 0 Å². The third kappa shape index (κ3) is 3.18. The second-order valence-electron chi connectivity index (χ2n) is 3.92. The van der Waals surface area contributed by atoms with E-state index in [2.05, 4.69) is 4.74 Å². The molecule has 1 aromatic rings. The Hall–Kier alpha value is -1.59. The van der Waals surface area contributed by atoms with Gasteiger partial charge >= 0.3 is 6.61 Å². The van der Waals surface area contributed by atoms with Crippen molar-refractivity contribution in [1.82, 2.24) is 0 Å². The average molecular weight is 248 g/mol. The molecule has 0 aliphatic heterocycles. The number of hydrogen-bond acceptors (Lipinski definition) is 3. The molecule has 0 spiro atoms. The van der Waals surface area contributed by atoms with Crippen molar-refractivity contribution in [3.05, 3.63) is 17.9 Å². The van der Waals surface area contributed by atoms with Gasteiger partial charge in [-0.2, -0.15) is 8.78 Å². The fourth-order valence-electron chi connectivity index (χ4n) is 1.33. The first-order chi connectivity index (χ1) is 7.82. The van der Waals surface area contributed by atoms with E-state index in [9.17, 15) is 13.2 Å². The second-order valence-corrected chi connectivity index (χ2v) is 3.92. The normalized spacial score (nSPS) is 11.1. The number of benzene rings is 1. The zero-order chi connectivity index (χ0) is 13.2. The van der Waals surface area contributed by atoms with Crippen LogP contribution >= 0.6 is 0 Å². The van der Waals surface area contributed by atoms with Crippen molar-refractivity contribution >= 4 is 11.4 Å².